The molecule has 0 bridgehead atoms. The molecule has 0 aromatic rings. The van der Waals surface area contributed by atoms with Crippen LogP contribution in [0.3, 0.4) is 0 Å². The van der Waals surface area contributed by atoms with Crippen LogP contribution in [0.4, 0.5) is 0 Å². The lowest BCUT2D eigenvalue weighted by Gasteiger charge is -2.20. The van der Waals surface area contributed by atoms with Gasteiger partial charge in [-0.25, -0.2) is 0 Å². The van der Waals surface area contributed by atoms with Crippen LogP contribution in [0.1, 0.15) is 53.9 Å². The topological polar surface area (TPSA) is 21.3 Å². The summed E-state index contributed by atoms with van der Waals surface area (Å²) in [6.45, 7) is 12.8. The van der Waals surface area contributed by atoms with Crippen LogP contribution in [0.5, 0.6) is 0 Å². The molecule has 0 rings (SSSR count). The van der Waals surface area contributed by atoms with Crippen LogP contribution in [0.25, 0.3) is 0 Å². The molecule has 0 radical (unpaired) electrons. The fraction of sp³-hybridized carbons (Fsp3) is 1.00. The zero-order valence-electron chi connectivity index (χ0n) is 11.2. The van der Waals surface area contributed by atoms with E-state index in [1.54, 1.807) is 0 Å². The molecule has 0 fully saturated rings. The van der Waals surface area contributed by atoms with Gasteiger partial charge in [0.1, 0.15) is 0 Å². The highest BCUT2D eigenvalue weighted by Gasteiger charge is 2.09. The molecule has 2 atom stereocenters. The quantitative estimate of drug-likeness (QED) is 0.596. The third-order valence-electron chi connectivity index (χ3n) is 2.86. The minimum absolute atomic E-state index is 0.349. The van der Waals surface area contributed by atoms with Gasteiger partial charge >= 0.3 is 0 Å². The molecule has 0 saturated heterocycles. The van der Waals surface area contributed by atoms with Crippen molar-refractivity contribution in [2.24, 2.45) is 5.92 Å². The van der Waals surface area contributed by atoms with E-state index in [0.29, 0.717) is 12.1 Å². The van der Waals surface area contributed by atoms with Gasteiger partial charge in [-0.2, -0.15) is 0 Å². The van der Waals surface area contributed by atoms with E-state index in [9.17, 15) is 0 Å². The first-order valence-electron chi connectivity index (χ1n) is 6.45. The summed E-state index contributed by atoms with van der Waals surface area (Å²) in [6, 6.07) is 0.663. The molecule has 15 heavy (non-hydrogen) atoms. The zero-order chi connectivity index (χ0) is 11.7. The average molecular weight is 215 g/mol. The van der Waals surface area contributed by atoms with Gasteiger partial charge in [-0.15, -0.1) is 0 Å². The van der Waals surface area contributed by atoms with E-state index in [-0.39, 0.29) is 0 Å². The third-order valence-corrected chi connectivity index (χ3v) is 2.86. The van der Waals surface area contributed by atoms with Crippen molar-refractivity contribution in [1.82, 2.24) is 5.32 Å². The van der Waals surface area contributed by atoms with Gasteiger partial charge < -0.3 is 10.1 Å². The van der Waals surface area contributed by atoms with Crippen LogP contribution < -0.4 is 5.32 Å². The molecule has 0 aliphatic heterocycles. The Morgan fingerprint density at radius 2 is 1.73 bits per heavy atom. The second kappa shape index (κ2) is 9.17. The zero-order valence-corrected chi connectivity index (χ0v) is 11.2. The van der Waals surface area contributed by atoms with Crippen molar-refractivity contribution in [3.05, 3.63) is 0 Å². The normalized spacial score (nSPS) is 15.6. The first kappa shape index (κ1) is 14.9. The number of rotatable bonds is 9. The van der Waals surface area contributed by atoms with E-state index in [0.717, 1.165) is 19.1 Å². The first-order chi connectivity index (χ1) is 7.10. The lowest BCUT2D eigenvalue weighted by molar-refractivity contribution is 0.0787. The summed E-state index contributed by atoms with van der Waals surface area (Å²) >= 11 is 0. The summed E-state index contributed by atoms with van der Waals surface area (Å²) in [5, 5.41) is 3.56. The predicted molar refractivity (Wildman–Crippen MR) is 67.2 cm³/mol. The Balaban J connectivity index is 3.52. The Morgan fingerprint density at radius 1 is 1.07 bits per heavy atom. The minimum atomic E-state index is 0.349. The first-order valence-corrected chi connectivity index (χ1v) is 6.45. The van der Waals surface area contributed by atoms with E-state index < -0.39 is 0 Å². The van der Waals surface area contributed by atoms with E-state index in [1.165, 1.54) is 19.3 Å². The van der Waals surface area contributed by atoms with Crippen molar-refractivity contribution in [3.8, 4) is 0 Å². The van der Waals surface area contributed by atoms with E-state index in [2.05, 4.69) is 39.9 Å². The highest BCUT2D eigenvalue weighted by Crippen LogP contribution is 2.11. The molecule has 0 aromatic heterocycles. The van der Waals surface area contributed by atoms with Crippen molar-refractivity contribution < 1.29 is 4.74 Å². The fourth-order valence-electron chi connectivity index (χ4n) is 1.60. The Hall–Kier alpha value is -0.0800. The lowest BCUT2D eigenvalue weighted by atomic mass is 9.98. The molecule has 0 aliphatic carbocycles. The molecule has 0 saturated carbocycles. The van der Waals surface area contributed by atoms with Crippen molar-refractivity contribution in [3.63, 3.8) is 0 Å². The van der Waals surface area contributed by atoms with E-state index in [1.807, 2.05) is 0 Å². The molecule has 1 N–H and O–H groups in total. The van der Waals surface area contributed by atoms with Gasteiger partial charge in [-0.05, 0) is 32.6 Å². The van der Waals surface area contributed by atoms with Gasteiger partial charge in [0.2, 0.25) is 0 Å². The summed E-state index contributed by atoms with van der Waals surface area (Å²) in [6.07, 6.45) is 4.13. The smallest absolute Gasteiger partial charge is 0.0594 e. The van der Waals surface area contributed by atoms with Crippen LogP contribution >= 0.6 is 0 Å². The maximum atomic E-state index is 5.51. The van der Waals surface area contributed by atoms with E-state index in [4.69, 9.17) is 4.74 Å². The molecular weight excluding hydrogens is 186 g/mol. The highest BCUT2D eigenvalue weighted by atomic mass is 16.5. The molecule has 2 unspecified atom stereocenters. The monoisotopic (exact) mass is 215 g/mol. The SMILES string of the molecule is CCC(C)CC(CC)NCCOC(C)C. The summed E-state index contributed by atoms with van der Waals surface area (Å²) in [7, 11) is 0. The Morgan fingerprint density at radius 3 is 2.20 bits per heavy atom. The molecule has 0 amide bonds. The Bertz CT molecular complexity index is 136. The van der Waals surface area contributed by atoms with Crippen molar-refractivity contribution in [1.29, 1.82) is 0 Å². The lowest BCUT2D eigenvalue weighted by Crippen LogP contribution is -2.33. The Labute approximate surface area is 95.8 Å². The maximum absolute atomic E-state index is 5.51. The van der Waals surface area contributed by atoms with Crippen molar-refractivity contribution in [2.75, 3.05) is 13.2 Å². The molecule has 0 aromatic carbocycles. The molecule has 0 heterocycles. The fourth-order valence-corrected chi connectivity index (χ4v) is 1.60. The van der Waals surface area contributed by atoms with Gasteiger partial charge in [0.05, 0.1) is 12.7 Å². The second-order valence-corrected chi connectivity index (χ2v) is 4.73. The standard InChI is InChI=1S/C13H29NO/c1-6-12(5)10-13(7-2)14-8-9-15-11(3)4/h11-14H,6-10H2,1-5H3. The van der Waals surface area contributed by atoms with Gasteiger partial charge in [0.25, 0.3) is 0 Å². The number of nitrogens with one attached hydrogen (secondary N) is 1. The van der Waals surface area contributed by atoms with Crippen molar-refractivity contribution >= 4 is 0 Å². The molecule has 0 aliphatic rings. The van der Waals surface area contributed by atoms with Crippen LogP contribution in [0.15, 0.2) is 0 Å². The van der Waals surface area contributed by atoms with Crippen LogP contribution in [0, 0.1) is 5.92 Å². The van der Waals surface area contributed by atoms with Gasteiger partial charge in [-0.3, -0.25) is 0 Å². The predicted octanol–water partition coefficient (Wildman–Crippen LogP) is 3.22. The minimum Gasteiger partial charge on any atom is -0.377 e. The number of hydrogen-bond donors (Lipinski definition) is 1. The second-order valence-electron chi connectivity index (χ2n) is 4.73. The Kier molecular flexibility index (Phi) is 9.12. The molecular formula is C13H29NO. The highest BCUT2D eigenvalue weighted by molar-refractivity contribution is 4.67. The number of hydrogen-bond acceptors (Lipinski definition) is 2. The van der Waals surface area contributed by atoms with Gasteiger partial charge in [-0.1, -0.05) is 27.2 Å². The van der Waals surface area contributed by atoms with Crippen LogP contribution in [-0.4, -0.2) is 25.3 Å². The molecule has 2 heteroatoms. The van der Waals surface area contributed by atoms with Crippen LogP contribution in [0.2, 0.25) is 0 Å². The molecule has 0 spiro atoms. The average Bonchev–Trinajstić information content (AvgIpc) is 2.21. The summed E-state index contributed by atoms with van der Waals surface area (Å²) in [5.74, 6) is 0.827. The summed E-state index contributed by atoms with van der Waals surface area (Å²) in [4.78, 5) is 0. The third kappa shape index (κ3) is 8.88. The largest absolute Gasteiger partial charge is 0.377 e. The van der Waals surface area contributed by atoms with Gasteiger partial charge in [0.15, 0.2) is 0 Å². The van der Waals surface area contributed by atoms with Gasteiger partial charge in [0, 0.05) is 12.6 Å². The summed E-state index contributed by atoms with van der Waals surface area (Å²) < 4.78 is 5.51. The maximum Gasteiger partial charge on any atom is 0.0594 e. The van der Waals surface area contributed by atoms with Crippen molar-refractivity contribution in [2.45, 2.75) is 66.0 Å². The summed E-state index contributed by atoms with van der Waals surface area (Å²) in [5.41, 5.74) is 0. The number of ether oxygens (including phenoxy) is 1. The van der Waals surface area contributed by atoms with Crippen LogP contribution in [-0.2, 0) is 4.74 Å². The molecule has 2 nitrogen and oxygen atoms in total. The molecule has 92 valence electrons. The van der Waals surface area contributed by atoms with E-state index >= 15 is 0 Å².